The van der Waals surface area contributed by atoms with Crippen LogP contribution in [0, 0.1) is 17.0 Å². The average Bonchev–Trinajstić information content (AvgIpc) is 3.29. The molecule has 0 aliphatic heterocycles. The van der Waals surface area contributed by atoms with E-state index in [0.717, 1.165) is 11.8 Å². The summed E-state index contributed by atoms with van der Waals surface area (Å²) in [6.07, 6.45) is 1.35. The maximum Gasteiger partial charge on any atom is 0.342 e. The van der Waals surface area contributed by atoms with Crippen molar-refractivity contribution in [2.75, 3.05) is 7.11 Å². The zero-order valence-corrected chi connectivity index (χ0v) is 15.5. The highest BCUT2D eigenvalue weighted by Crippen LogP contribution is 2.35. The number of non-ortho nitro benzene ring substituents is 1. The molecule has 0 saturated carbocycles. The van der Waals surface area contributed by atoms with Gasteiger partial charge in [-0.1, -0.05) is 0 Å². The molecule has 10 nitrogen and oxygen atoms in total. The number of aromatic nitrogens is 3. The predicted molar refractivity (Wildman–Crippen MR) is 99.9 cm³/mol. The van der Waals surface area contributed by atoms with E-state index in [1.54, 1.807) is 19.1 Å². The Labute approximate surface area is 162 Å². The average molecular weight is 402 g/mol. The summed E-state index contributed by atoms with van der Waals surface area (Å²) in [6.45, 7) is 1.71. The number of hydrogen-bond acceptors (Lipinski definition) is 8. The van der Waals surface area contributed by atoms with Gasteiger partial charge in [0.1, 0.15) is 28.0 Å². The van der Waals surface area contributed by atoms with E-state index in [9.17, 15) is 20.0 Å². The summed E-state index contributed by atoms with van der Waals surface area (Å²) < 4.78 is 10.9. The van der Waals surface area contributed by atoms with Crippen molar-refractivity contribution in [3.8, 4) is 17.1 Å². The molecule has 0 bridgehead atoms. The van der Waals surface area contributed by atoms with Crippen molar-refractivity contribution in [1.29, 1.82) is 0 Å². The SMILES string of the molecule is COc1cc([N+](=O)[O-])ccc1-c1ccc(/C=C(\Sc2n[nH]c(C)n2)C(=O)O)o1. The molecule has 11 heteroatoms. The molecule has 0 spiro atoms. The quantitative estimate of drug-likeness (QED) is 0.262. The summed E-state index contributed by atoms with van der Waals surface area (Å²) >= 11 is 0.879. The second-order valence-corrected chi connectivity index (χ2v) is 6.47. The molecule has 28 heavy (non-hydrogen) atoms. The number of aryl methyl sites for hydroxylation is 1. The first-order chi connectivity index (χ1) is 13.4. The molecule has 2 N–H and O–H groups in total. The van der Waals surface area contributed by atoms with Gasteiger partial charge in [-0.25, -0.2) is 9.78 Å². The summed E-state index contributed by atoms with van der Waals surface area (Å²) in [5.74, 6) is 0.341. The van der Waals surface area contributed by atoms with Gasteiger partial charge >= 0.3 is 5.97 Å². The molecule has 0 aliphatic carbocycles. The standard InChI is InChI=1S/C17H14N4O6S/c1-9-18-17(20-19-9)28-15(16(22)23)8-11-4-6-13(27-11)12-5-3-10(21(24)25)7-14(12)26-2/h3-8H,1-2H3,(H,22,23)(H,18,19,20)/b15-8-. The minimum Gasteiger partial charge on any atom is -0.496 e. The second kappa shape index (κ2) is 7.96. The first-order valence-electron chi connectivity index (χ1n) is 7.82. The van der Waals surface area contributed by atoms with Gasteiger partial charge in [-0.15, -0.1) is 5.10 Å². The molecular formula is C17H14N4O6S. The van der Waals surface area contributed by atoms with E-state index in [1.165, 1.54) is 31.4 Å². The van der Waals surface area contributed by atoms with Crippen LogP contribution in [0.4, 0.5) is 5.69 Å². The zero-order chi connectivity index (χ0) is 20.3. The Hall–Kier alpha value is -3.60. The number of carboxylic acid groups (broad SMARTS) is 1. The number of ether oxygens (including phenoxy) is 1. The fourth-order valence-electron chi connectivity index (χ4n) is 2.30. The lowest BCUT2D eigenvalue weighted by Gasteiger charge is -2.05. The number of benzene rings is 1. The molecule has 0 aliphatic rings. The first-order valence-corrected chi connectivity index (χ1v) is 8.63. The molecule has 0 unspecified atom stereocenters. The number of rotatable bonds is 7. The monoisotopic (exact) mass is 402 g/mol. The Bertz CT molecular complexity index is 1070. The summed E-state index contributed by atoms with van der Waals surface area (Å²) in [4.78, 5) is 25.9. The lowest BCUT2D eigenvalue weighted by Crippen LogP contribution is -1.97. The van der Waals surface area contributed by atoms with Gasteiger partial charge in [0.05, 0.1) is 23.7 Å². The van der Waals surface area contributed by atoms with Crippen LogP contribution < -0.4 is 4.74 Å². The second-order valence-electron chi connectivity index (χ2n) is 5.46. The van der Waals surface area contributed by atoms with E-state index >= 15 is 0 Å². The summed E-state index contributed by atoms with van der Waals surface area (Å²) in [5, 5.41) is 27.1. The number of H-pyrrole nitrogens is 1. The number of nitro benzene ring substituents is 1. The Morgan fingerprint density at radius 2 is 2.18 bits per heavy atom. The third-order valence-electron chi connectivity index (χ3n) is 3.55. The van der Waals surface area contributed by atoms with E-state index in [4.69, 9.17) is 9.15 Å². The van der Waals surface area contributed by atoms with Crippen molar-refractivity contribution in [3.63, 3.8) is 0 Å². The van der Waals surface area contributed by atoms with Gasteiger partial charge in [0.15, 0.2) is 0 Å². The molecule has 0 radical (unpaired) electrons. The van der Waals surface area contributed by atoms with Gasteiger partial charge in [-0.2, -0.15) is 0 Å². The smallest absolute Gasteiger partial charge is 0.342 e. The Morgan fingerprint density at radius 1 is 1.39 bits per heavy atom. The molecule has 144 valence electrons. The first kappa shape index (κ1) is 19.2. The van der Waals surface area contributed by atoms with Gasteiger partial charge in [0.2, 0.25) is 5.16 Å². The number of furan rings is 1. The molecule has 1 aromatic carbocycles. The van der Waals surface area contributed by atoms with Crippen LogP contribution in [0.2, 0.25) is 0 Å². The van der Waals surface area contributed by atoms with E-state index < -0.39 is 10.9 Å². The van der Waals surface area contributed by atoms with Crippen molar-refractivity contribution in [1.82, 2.24) is 15.2 Å². The molecule has 0 saturated heterocycles. The van der Waals surface area contributed by atoms with E-state index in [1.807, 2.05) is 0 Å². The highest BCUT2D eigenvalue weighted by molar-refractivity contribution is 8.04. The van der Waals surface area contributed by atoms with Crippen LogP contribution in [-0.4, -0.2) is 38.3 Å². The number of hydrogen-bond donors (Lipinski definition) is 2. The Morgan fingerprint density at radius 3 is 2.79 bits per heavy atom. The van der Waals surface area contributed by atoms with E-state index in [0.29, 0.717) is 17.1 Å². The van der Waals surface area contributed by atoms with Crippen molar-refractivity contribution in [2.45, 2.75) is 12.1 Å². The van der Waals surface area contributed by atoms with Crippen LogP contribution in [0.15, 0.2) is 44.8 Å². The lowest BCUT2D eigenvalue weighted by atomic mass is 10.1. The van der Waals surface area contributed by atoms with E-state index in [-0.39, 0.29) is 27.3 Å². The Balaban J connectivity index is 1.91. The number of aromatic amines is 1. The molecule has 0 amide bonds. The molecule has 2 heterocycles. The van der Waals surface area contributed by atoms with Crippen molar-refractivity contribution < 1.29 is 24.0 Å². The molecule has 3 aromatic rings. The normalized spacial score (nSPS) is 11.4. The number of nitrogens with zero attached hydrogens (tertiary/aromatic N) is 3. The van der Waals surface area contributed by atoms with Gasteiger partial charge in [0.25, 0.3) is 5.69 Å². The van der Waals surface area contributed by atoms with Crippen molar-refractivity contribution in [2.24, 2.45) is 0 Å². The maximum absolute atomic E-state index is 11.5. The van der Waals surface area contributed by atoms with Gasteiger partial charge in [-0.3, -0.25) is 15.2 Å². The largest absolute Gasteiger partial charge is 0.496 e. The number of methoxy groups -OCH3 is 1. The van der Waals surface area contributed by atoms with E-state index in [2.05, 4.69) is 15.2 Å². The minimum atomic E-state index is -1.15. The number of nitrogens with one attached hydrogen (secondary N) is 1. The lowest BCUT2D eigenvalue weighted by molar-refractivity contribution is -0.384. The molecule has 3 rings (SSSR count). The number of thioether (sulfide) groups is 1. The third-order valence-corrected chi connectivity index (χ3v) is 4.43. The minimum absolute atomic E-state index is 0.0319. The topological polar surface area (TPSA) is 144 Å². The molecule has 0 fully saturated rings. The fraction of sp³-hybridized carbons (Fsp3) is 0.118. The zero-order valence-electron chi connectivity index (χ0n) is 14.7. The highest BCUT2D eigenvalue weighted by atomic mass is 32.2. The third kappa shape index (κ3) is 4.20. The molecule has 2 aromatic heterocycles. The van der Waals surface area contributed by atoms with Crippen LogP contribution >= 0.6 is 11.8 Å². The molecule has 0 atom stereocenters. The summed E-state index contributed by atoms with van der Waals surface area (Å²) in [5.41, 5.74) is 0.389. The van der Waals surface area contributed by atoms with Crippen LogP contribution in [0.25, 0.3) is 17.4 Å². The summed E-state index contributed by atoms with van der Waals surface area (Å²) in [7, 11) is 1.39. The van der Waals surface area contributed by atoms with Crippen molar-refractivity contribution in [3.05, 3.63) is 56.9 Å². The number of aliphatic carboxylic acids is 1. The van der Waals surface area contributed by atoms with Crippen molar-refractivity contribution >= 4 is 29.5 Å². The van der Waals surface area contributed by atoms with Crippen LogP contribution in [0.5, 0.6) is 5.75 Å². The predicted octanol–water partition coefficient (Wildman–Crippen LogP) is 3.51. The number of nitro groups is 1. The molecular weight excluding hydrogens is 388 g/mol. The van der Waals surface area contributed by atoms with Crippen LogP contribution in [-0.2, 0) is 4.79 Å². The van der Waals surface area contributed by atoms with Gasteiger partial charge in [0, 0.05) is 12.1 Å². The maximum atomic E-state index is 11.5. The fourth-order valence-corrected chi connectivity index (χ4v) is 3.04. The number of carboxylic acids is 1. The van der Waals surface area contributed by atoms with Gasteiger partial charge in [-0.05, 0) is 36.9 Å². The highest BCUT2D eigenvalue weighted by Gasteiger charge is 2.17. The van der Waals surface area contributed by atoms with Crippen LogP contribution in [0.3, 0.4) is 0 Å². The Kier molecular flexibility index (Phi) is 5.45. The van der Waals surface area contributed by atoms with Crippen LogP contribution in [0.1, 0.15) is 11.6 Å². The summed E-state index contributed by atoms with van der Waals surface area (Å²) in [6, 6.07) is 7.34. The van der Waals surface area contributed by atoms with Gasteiger partial charge < -0.3 is 14.3 Å². The number of carbonyl (C=O) groups is 1.